The highest BCUT2D eigenvalue weighted by atomic mass is 16.3. The summed E-state index contributed by atoms with van der Waals surface area (Å²) in [7, 11) is 2.20. The monoisotopic (exact) mass is 552 g/mol. The van der Waals surface area contributed by atoms with Crippen LogP contribution >= 0.6 is 0 Å². The van der Waals surface area contributed by atoms with E-state index >= 15 is 0 Å². The van der Waals surface area contributed by atoms with Gasteiger partial charge in [-0.15, -0.1) is 0 Å². The molecule has 0 aromatic heterocycles. The Morgan fingerprint density at radius 3 is 2.33 bits per heavy atom. The number of carbonyl (C=O) groups excluding carboxylic acids is 1. The van der Waals surface area contributed by atoms with Gasteiger partial charge in [0.15, 0.2) is 0 Å². The maximum Gasteiger partial charge on any atom is 0.226 e. The van der Waals surface area contributed by atoms with Crippen molar-refractivity contribution in [3.05, 3.63) is 12.2 Å². The highest BCUT2D eigenvalue weighted by Crippen LogP contribution is 2.77. The number of aliphatic hydroxyl groups is 1. The zero-order chi connectivity index (χ0) is 28.9. The molecule has 226 valence electrons. The van der Waals surface area contributed by atoms with Gasteiger partial charge in [-0.2, -0.15) is 0 Å². The van der Waals surface area contributed by atoms with Gasteiger partial charge in [-0.1, -0.05) is 46.8 Å². The molecule has 2 N–H and O–H groups in total. The Morgan fingerprint density at radius 2 is 1.62 bits per heavy atom. The number of piperidine rings is 1. The van der Waals surface area contributed by atoms with Gasteiger partial charge in [-0.05, 0) is 149 Å². The van der Waals surface area contributed by atoms with E-state index < -0.39 is 0 Å². The molecule has 1 amide bonds. The first kappa shape index (κ1) is 29.2. The Kier molecular flexibility index (Phi) is 6.99. The average molecular weight is 553 g/mol. The Hall–Kier alpha value is -0.870. The van der Waals surface area contributed by atoms with Gasteiger partial charge >= 0.3 is 0 Å². The van der Waals surface area contributed by atoms with Gasteiger partial charge in [0, 0.05) is 12.6 Å². The van der Waals surface area contributed by atoms with E-state index in [1.807, 2.05) is 0 Å². The number of amides is 1. The molecule has 0 aromatic rings. The number of hydrogen-bond donors (Lipinski definition) is 2. The molecule has 0 aromatic carbocycles. The Labute approximate surface area is 245 Å². The van der Waals surface area contributed by atoms with Gasteiger partial charge in [-0.3, -0.25) is 4.79 Å². The van der Waals surface area contributed by atoms with Crippen molar-refractivity contribution in [2.45, 2.75) is 131 Å². The second-order valence-corrected chi connectivity index (χ2v) is 17.3. The van der Waals surface area contributed by atoms with Gasteiger partial charge in [0.25, 0.3) is 0 Å². The molecule has 6 aliphatic rings. The smallest absolute Gasteiger partial charge is 0.226 e. The molecule has 6 rings (SSSR count). The summed E-state index contributed by atoms with van der Waals surface area (Å²) in [5.41, 5.74) is 1.93. The number of fused-ring (bicyclic) bond motifs is 7. The molecular formula is C36H60N2O2. The van der Waals surface area contributed by atoms with E-state index in [-0.39, 0.29) is 27.8 Å². The first-order chi connectivity index (χ1) is 18.7. The molecule has 11 atom stereocenters. The van der Waals surface area contributed by atoms with Crippen molar-refractivity contribution < 1.29 is 9.90 Å². The fraction of sp³-hybridized carbons (Fsp3) is 0.917. The maximum atomic E-state index is 14.4. The predicted molar refractivity (Wildman–Crippen MR) is 164 cm³/mol. The predicted octanol–water partition coefficient (Wildman–Crippen LogP) is 7.22. The lowest BCUT2D eigenvalue weighted by molar-refractivity contribution is -0.246. The molecule has 0 spiro atoms. The van der Waals surface area contributed by atoms with E-state index in [0.29, 0.717) is 47.0 Å². The van der Waals surface area contributed by atoms with Gasteiger partial charge in [0.1, 0.15) is 0 Å². The summed E-state index contributed by atoms with van der Waals surface area (Å²) < 4.78 is 0. The van der Waals surface area contributed by atoms with Crippen LogP contribution in [-0.2, 0) is 4.79 Å². The molecule has 0 bridgehead atoms. The number of rotatable bonds is 3. The Bertz CT molecular complexity index is 1040. The Morgan fingerprint density at radius 1 is 0.875 bits per heavy atom. The molecule has 1 heterocycles. The molecule has 6 fully saturated rings. The minimum Gasteiger partial charge on any atom is -0.393 e. The van der Waals surface area contributed by atoms with Crippen LogP contribution in [0.1, 0.15) is 119 Å². The zero-order valence-electron chi connectivity index (χ0n) is 27.0. The van der Waals surface area contributed by atoms with Crippen molar-refractivity contribution >= 4 is 5.91 Å². The fourth-order valence-corrected chi connectivity index (χ4v) is 13.1. The quantitative estimate of drug-likeness (QED) is 0.364. The number of aliphatic hydroxyl groups excluding tert-OH is 1. The number of hydrogen-bond acceptors (Lipinski definition) is 3. The van der Waals surface area contributed by atoms with Gasteiger partial charge in [0.2, 0.25) is 5.91 Å². The lowest BCUT2D eigenvalue weighted by Crippen LogP contribution is -2.67. The van der Waals surface area contributed by atoms with E-state index in [2.05, 4.69) is 65.4 Å². The molecule has 5 aliphatic carbocycles. The average Bonchev–Trinajstić information content (AvgIpc) is 3.28. The van der Waals surface area contributed by atoms with Gasteiger partial charge < -0.3 is 15.3 Å². The summed E-state index contributed by atoms with van der Waals surface area (Å²) in [5, 5.41) is 14.7. The standard InChI is InChI=1S/C36H60N2O2/c1-23(2)25-13-18-36(31(40)37-24-10-9-21-38(8)22-24)20-19-34(6)26(30(25)36)11-12-28-33(5)16-15-29(39)32(3,4)27(33)14-17-35(28,34)7/h24-30,39H,1,9-22H2,2-8H3,(H,37,40)/t24-,25-,26+,27-,28+,29-,30+,33-,34+,35+,36-/m0/s1. The van der Waals surface area contributed by atoms with Crippen LogP contribution in [0.25, 0.3) is 0 Å². The third-order valence-electron chi connectivity index (χ3n) is 15.5. The molecular weight excluding hydrogens is 492 g/mol. The van der Waals surface area contributed by atoms with Crippen LogP contribution in [0.5, 0.6) is 0 Å². The first-order valence-corrected chi connectivity index (χ1v) is 17.0. The molecule has 40 heavy (non-hydrogen) atoms. The lowest BCUT2D eigenvalue weighted by atomic mass is 9.32. The molecule has 0 radical (unpaired) electrons. The first-order valence-electron chi connectivity index (χ1n) is 17.0. The third-order valence-corrected chi connectivity index (χ3v) is 15.5. The second kappa shape index (κ2) is 9.57. The van der Waals surface area contributed by atoms with Crippen LogP contribution < -0.4 is 5.32 Å². The molecule has 0 unspecified atom stereocenters. The number of likely N-dealkylation sites (N-methyl/N-ethyl adjacent to an activating group) is 1. The van der Waals surface area contributed by atoms with E-state index in [9.17, 15) is 9.90 Å². The maximum absolute atomic E-state index is 14.4. The topological polar surface area (TPSA) is 52.6 Å². The van der Waals surface area contributed by atoms with Crippen molar-refractivity contribution in [2.75, 3.05) is 20.1 Å². The highest BCUT2D eigenvalue weighted by Gasteiger charge is 2.71. The van der Waals surface area contributed by atoms with E-state index in [1.165, 1.54) is 50.5 Å². The van der Waals surface area contributed by atoms with Crippen LogP contribution in [0, 0.1) is 56.7 Å². The number of carbonyl (C=O) groups is 1. The molecule has 5 saturated carbocycles. The molecule has 1 saturated heterocycles. The van der Waals surface area contributed by atoms with Crippen molar-refractivity contribution in [1.29, 1.82) is 0 Å². The zero-order valence-corrected chi connectivity index (χ0v) is 27.0. The van der Waals surface area contributed by atoms with Crippen LogP contribution in [0.4, 0.5) is 0 Å². The minimum atomic E-state index is -0.217. The summed E-state index contributed by atoms with van der Waals surface area (Å²) in [5.74, 6) is 3.18. The van der Waals surface area contributed by atoms with Crippen LogP contribution in [0.2, 0.25) is 0 Å². The number of likely N-dealkylation sites (tertiary alicyclic amines) is 1. The summed E-state index contributed by atoms with van der Waals surface area (Å²) >= 11 is 0. The van der Waals surface area contributed by atoms with Gasteiger partial charge in [0.05, 0.1) is 11.5 Å². The lowest BCUT2D eigenvalue weighted by Gasteiger charge is -2.72. The van der Waals surface area contributed by atoms with Crippen molar-refractivity contribution in [1.82, 2.24) is 10.2 Å². The fourth-order valence-electron chi connectivity index (χ4n) is 13.1. The number of nitrogens with zero attached hydrogens (tertiary/aromatic N) is 1. The summed E-state index contributed by atoms with van der Waals surface area (Å²) in [6.45, 7) is 21.6. The molecule has 4 nitrogen and oxygen atoms in total. The van der Waals surface area contributed by atoms with Gasteiger partial charge in [-0.25, -0.2) is 0 Å². The summed E-state index contributed by atoms with van der Waals surface area (Å²) in [6.07, 6.45) is 13.7. The van der Waals surface area contributed by atoms with Crippen LogP contribution in [0.15, 0.2) is 12.2 Å². The SMILES string of the molecule is C=C(C)[C@@H]1CC[C@]2(C(=O)N[C@H]3CCCN(C)C3)CC[C@]3(C)[C@H](CC[C@@H]4[C@@]5(C)CC[C@H](O)C(C)(C)[C@@H]5CC[C@]43C)[C@@H]12. The summed E-state index contributed by atoms with van der Waals surface area (Å²) in [6, 6.07) is 0.298. The minimum absolute atomic E-state index is 0.00439. The van der Waals surface area contributed by atoms with E-state index in [0.717, 1.165) is 45.2 Å². The largest absolute Gasteiger partial charge is 0.393 e. The van der Waals surface area contributed by atoms with Crippen LogP contribution in [0.3, 0.4) is 0 Å². The third kappa shape index (κ3) is 3.85. The number of allylic oxidation sites excluding steroid dienone is 1. The van der Waals surface area contributed by atoms with Crippen molar-refractivity contribution in [2.24, 2.45) is 56.7 Å². The second-order valence-electron chi connectivity index (χ2n) is 17.3. The Balaban J connectivity index is 1.34. The summed E-state index contributed by atoms with van der Waals surface area (Å²) in [4.78, 5) is 16.8. The van der Waals surface area contributed by atoms with Crippen LogP contribution in [-0.4, -0.2) is 48.2 Å². The molecule has 4 heteroatoms. The normalized spacial score (nSPS) is 52.0. The molecule has 1 aliphatic heterocycles. The van der Waals surface area contributed by atoms with E-state index in [1.54, 1.807) is 0 Å². The highest BCUT2D eigenvalue weighted by molar-refractivity contribution is 5.84. The van der Waals surface area contributed by atoms with Crippen molar-refractivity contribution in [3.8, 4) is 0 Å². The van der Waals surface area contributed by atoms with E-state index in [4.69, 9.17) is 0 Å². The van der Waals surface area contributed by atoms with Crippen molar-refractivity contribution in [3.63, 3.8) is 0 Å². The number of nitrogens with one attached hydrogen (secondary N) is 1.